The van der Waals surface area contributed by atoms with E-state index in [0.29, 0.717) is 35.0 Å². The summed E-state index contributed by atoms with van der Waals surface area (Å²) in [5.41, 5.74) is 0.906. The van der Waals surface area contributed by atoms with Gasteiger partial charge in [0.25, 0.3) is 0 Å². The molecule has 1 unspecified atom stereocenters. The van der Waals surface area contributed by atoms with Crippen LogP contribution in [-0.4, -0.2) is 37.1 Å². The fraction of sp³-hybridized carbons (Fsp3) is 0.600. The minimum absolute atomic E-state index is 0.137. The second kappa shape index (κ2) is 8.20. The van der Waals surface area contributed by atoms with Crippen LogP contribution < -0.4 is 10.1 Å². The van der Waals surface area contributed by atoms with Gasteiger partial charge in [-0.05, 0) is 31.9 Å². The van der Waals surface area contributed by atoms with Gasteiger partial charge in [-0.2, -0.15) is 0 Å². The van der Waals surface area contributed by atoms with E-state index < -0.39 is 6.10 Å². The second-order valence-corrected chi connectivity index (χ2v) is 6.00. The predicted molar refractivity (Wildman–Crippen MR) is 84.3 cm³/mol. The first-order chi connectivity index (χ1) is 10.1. The van der Waals surface area contributed by atoms with Crippen LogP contribution in [0.15, 0.2) is 12.1 Å². The molecule has 1 aromatic carbocycles. The molecule has 2 N–H and O–H groups in total. The summed E-state index contributed by atoms with van der Waals surface area (Å²) >= 11 is 12.3. The van der Waals surface area contributed by atoms with E-state index in [1.54, 1.807) is 6.07 Å². The maximum atomic E-state index is 9.77. The van der Waals surface area contributed by atoms with Crippen molar-refractivity contribution in [3.8, 4) is 5.75 Å². The molecule has 4 nitrogen and oxygen atoms in total. The average molecular weight is 334 g/mol. The van der Waals surface area contributed by atoms with Crippen LogP contribution in [0.4, 0.5) is 0 Å². The van der Waals surface area contributed by atoms with E-state index in [1.807, 2.05) is 13.0 Å². The number of nitrogens with one attached hydrogen (secondary N) is 1. The van der Waals surface area contributed by atoms with Crippen LogP contribution in [0.2, 0.25) is 10.0 Å². The molecule has 1 fully saturated rings. The molecule has 0 radical (unpaired) electrons. The molecular weight excluding hydrogens is 313 g/mol. The number of aliphatic hydroxyl groups is 1. The Bertz CT molecular complexity index is 466. The zero-order valence-electron chi connectivity index (χ0n) is 12.1. The summed E-state index contributed by atoms with van der Waals surface area (Å²) in [6.07, 6.45) is 1.73. The van der Waals surface area contributed by atoms with Gasteiger partial charge in [-0.25, -0.2) is 0 Å². The van der Waals surface area contributed by atoms with Crippen LogP contribution in [0.1, 0.15) is 25.3 Å². The van der Waals surface area contributed by atoms with E-state index in [1.165, 1.54) is 12.8 Å². The Morgan fingerprint density at radius 2 is 2.10 bits per heavy atom. The van der Waals surface area contributed by atoms with Crippen LogP contribution in [-0.2, 0) is 11.3 Å². The Hall–Kier alpha value is -0.520. The summed E-state index contributed by atoms with van der Waals surface area (Å²) in [7, 11) is 0. The van der Waals surface area contributed by atoms with Gasteiger partial charge in [-0.1, -0.05) is 23.2 Å². The van der Waals surface area contributed by atoms with Crippen LogP contribution in [0, 0.1) is 0 Å². The second-order valence-electron chi connectivity index (χ2n) is 5.16. The van der Waals surface area contributed by atoms with Crippen molar-refractivity contribution >= 4 is 23.2 Å². The summed E-state index contributed by atoms with van der Waals surface area (Å²) in [6.45, 7) is 3.48. The zero-order chi connectivity index (χ0) is 15.2. The summed E-state index contributed by atoms with van der Waals surface area (Å²) < 4.78 is 10.8. The molecule has 0 amide bonds. The summed E-state index contributed by atoms with van der Waals surface area (Å²) in [4.78, 5) is 0. The van der Waals surface area contributed by atoms with Crippen molar-refractivity contribution in [3.63, 3.8) is 0 Å². The fourth-order valence-corrected chi connectivity index (χ4v) is 2.52. The van der Waals surface area contributed by atoms with E-state index in [4.69, 9.17) is 32.7 Å². The standard InChI is InChI=1S/C15H21Cl2NO3/c1-2-20-8-13(19)9-21-15-10(7-18-12-3-4-12)5-11(16)6-14(15)17/h5-6,12-13,18-19H,2-4,7-9H2,1H3. The van der Waals surface area contributed by atoms with Gasteiger partial charge in [0.15, 0.2) is 0 Å². The van der Waals surface area contributed by atoms with Crippen molar-refractivity contribution in [1.29, 1.82) is 0 Å². The van der Waals surface area contributed by atoms with Gasteiger partial charge in [0.1, 0.15) is 18.5 Å². The fourth-order valence-electron chi connectivity index (χ4n) is 1.93. The highest BCUT2D eigenvalue weighted by molar-refractivity contribution is 6.35. The van der Waals surface area contributed by atoms with Crippen LogP contribution in [0.3, 0.4) is 0 Å². The molecule has 1 aliphatic rings. The van der Waals surface area contributed by atoms with Gasteiger partial charge >= 0.3 is 0 Å². The van der Waals surface area contributed by atoms with E-state index in [2.05, 4.69) is 5.32 Å². The molecule has 0 spiro atoms. The third-order valence-electron chi connectivity index (χ3n) is 3.18. The van der Waals surface area contributed by atoms with Gasteiger partial charge in [-0.3, -0.25) is 0 Å². The molecule has 118 valence electrons. The topological polar surface area (TPSA) is 50.7 Å². The molecule has 0 saturated heterocycles. The molecular formula is C15H21Cl2NO3. The van der Waals surface area contributed by atoms with Gasteiger partial charge in [0, 0.05) is 29.8 Å². The minimum atomic E-state index is -0.680. The number of hydrogen-bond acceptors (Lipinski definition) is 4. The third-order valence-corrected chi connectivity index (χ3v) is 3.68. The summed E-state index contributed by atoms with van der Waals surface area (Å²) in [5, 5.41) is 14.2. The lowest BCUT2D eigenvalue weighted by atomic mass is 10.2. The molecule has 1 saturated carbocycles. The van der Waals surface area contributed by atoms with Crippen molar-refractivity contribution in [2.45, 2.75) is 38.5 Å². The Labute approximate surface area is 135 Å². The highest BCUT2D eigenvalue weighted by Gasteiger charge is 2.21. The lowest BCUT2D eigenvalue weighted by Gasteiger charge is -2.17. The average Bonchev–Trinajstić information content (AvgIpc) is 3.25. The molecule has 0 heterocycles. The van der Waals surface area contributed by atoms with E-state index >= 15 is 0 Å². The molecule has 0 aliphatic heterocycles. The number of hydrogen-bond donors (Lipinski definition) is 2. The van der Waals surface area contributed by atoms with Crippen molar-refractivity contribution in [2.24, 2.45) is 0 Å². The molecule has 1 aromatic rings. The molecule has 6 heteroatoms. The zero-order valence-corrected chi connectivity index (χ0v) is 13.6. The Morgan fingerprint density at radius 1 is 1.33 bits per heavy atom. The first-order valence-electron chi connectivity index (χ1n) is 7.20. The van der Waals surface area contributed by atoms with Crippen LogP contribution >= 0.6 is 23.2 Å². The first kappa shape index (κ1) is 16.8. The molecule has 1 aliphatic carbocycles. The maximum Gasteiger partial charge on any atom is 0.142 e. The Morgan fingerprint density at radius 3 is 2.76 bits per heavy atom. The SMILES string of the molecule is CCOCC(O)COc1c(Cl)cc(Cl)cc1CNC1CC1. The minimum Gasteiger partial charge on any atom is -0.489 e. The lowest BCUT2D eigenvalue weighted by Crippen LogP contribution is -2.24. The van der Waals surface area contributed by atoms with Gasteiger partial charge < -0.3 is 19.9 Å². The number of benzene rings is 1. The number of ether oxygens (including phenoxy) is 2. The lowest BCUT2D eigenvalue weighted by molar-refractivity contribution is 0.0162. The van der Waals surface area contributed by atoms with Crippen molar-refractivity contribution in [3.05, 3.63) is 27.7 Å². The third kappa shape index (κ3) is 5.64. The molecule has 21 heavy (non-hydrogen) atoms. The van der Waals surface area contributed by atoms with Crippen LogP contribution in [0.25, 0.3) is 0 Å². The van der Waals surface area contributed by atoms with Crippen LogP contribution in [0.5, 0.6) is 5.75 Å². The van der Waals surface area contributed by atoms with E-state index in [9.17, 15) is 5.11 Å². The Kier molecular flexibility index (Phi) is 6.58. The maximum absolute atomic E-state index is 9.77. The Balaban J connectivity index is 1.97. The molecule has 1 atom stereocenters. The first-order valence-corrected chi connectivity index (χ1v) is 7.95. The van der Waals surface area contributed by atoms with Gasteiger partial charge in [0.05, 0.1) is 11.6 Å². The predicted octanol–water partition coefficient (Wildman–Crippen LogP) is 3.02. The molecule has 0 bridgehead atoms. The number of rotatable bonds is 9. The molecule has 2 rings (SSSR count). The van der Waals surface area contributed by atoms with E-state index in [0.717, 1.165) is 5.56 Å². The summed E-state index contributed by atoms with van der Waals surface area (Å²) in [6, 6.07) is 4.07. The van der Waals surface area contributed by atoms with Crippen molar-refractivity contribution < 1.29 is 14.6 Å². The summed E-state index contributed by atoms with van der Waals surface area (Å²) in [5.74, 6) is 0.574. The largest absolute Gasteiger partial charge is 0.489 e. The van der Waals surface area contributed by atoms with Crippen molar-refractivity contribution in [2.75, 3.05) is 19.8 Å². The monoisotopic (exact) mass is 333 g/mol. The number of aliphatic hydroxyl groups excluding tert-OH is 1. The smallest absolute Gasteiger partial charge is 0.142 e. The van der Waals surface area contributed by atoms with Gasteiger partial charge in [0.2, 0.25) is 0 Å². The quantitative estimate of drug-likeness (QED) is 0.729. The highest BCUT2D eigenvalue weighted by atomic mass is 35.5. The van der Waals surface area contributed by atoms with E-state index in [-0.39, 0.29) is 13.2 Å². The van der Waals surface area contributed by atoms with Gasteiger partial charge in [-0.15, -0.1) is 0 Å². The number of halogens is 2. The van der Waals surface area contributed by atoms with Crippen molar-refractivity contribution in [1.82, 2.24) is 5.32 Å². The normalized spacial score (nSPS) is 16.0. The highest BCUT2D eigenvalue weighted by Crippen LogP contribution is 2.33. The molecule has 0 aromatic heterocycles.